The molecule has 0 atom stereocenters. The van der Waals surface area contributed by atoms with Crippen molar-refractivity contribution in [3.8, 4) is 6.07 Å². The van der Waals surface area contributed by atoms with Crippen molar-refractivity contribution in [3.05, 3.63) is 23.1 Å². The molecule has 1 heterocycles. The van der Waals surface area contributed by atoms with Crippen LogP contribution in [0.2, 0.25) is 5.28 Å². The minimum Gasteiger partial charge on any atom is -0.383 e. The van der Waals surface area contributed by atoms with Crippen LogP contribution in [-0.4, -0.2) is 9.97 Å². The summed E-state index contributed by atoms with van der Waals surface area (Å²) < 4.78 is 0. The Bertz CT molecular complexity index is 367. The lowest BCUT2D eigenvalue weighted by molar-refractivity contribution is 1.17. The fourth-order valence-corrected chi connectivity index (χ4v) is 0.889. The van der Waals surface area contributed by atoms with Crippen LogP contribution in [0, 0.1) is 11.3 Å². The second kappa shape index (κ2) is 4.43. The van der Waals surface area contributed by atoms with Gasteiger partial charge >= 0.3 is 0 Å². The van der Waals surface area contributed by atoms with Crippen LogP contribution >= 0.6 is 11.6 Å². The Labute approximate surface area is 80.7 Å². The molecule has 66 valence electrons. The van der Waals surface area contributed by atoms with Crippen LogP contribution in [0.1, 0.15) is 12.0 Å². The van der Waals surface area contributed by atoms with Crippen LogP contribution in [0.4, 0.5) is 5.82 Å². The van der Waals surface area contributed by atoms with E-state index in [4.69, 9.17) is 22.6 Å². The zero-order valence-corrected chi connectivity index (χ0v) is 7.49. The summed E-state index contributed by atoms with van der Waals surface area (Å²) in [6.07, 6.45) is 5.22. The Balaban J connectivity index is 2.85. The summed E-state index contributed by atoms with van der Waals surface area (Å²) in [5.41, 5.74) is 6.20. The predicted molar refractivity (Wildman–Crippen MR) is 50.7 cm³/mol. The number of halogens is 1. The normalized spacial score (nSPS) is 10.2. The molecule has 0 radical (unpaired) electrons. The number of allylic oxidation sites excluding steroid dienone is 1. The number of hydrogen-bond acceptors (Lipinski definition) is 4. The Morgan fingerprint density at radius 3 is 3.08 bits per heavy atom. The second-order valence-electron chi connectivity index (χ2n) is 2.24. The molecule has 0 aromatic carbocycles. The highest BCUT2D eigenvalue weighted by Gasteiger charge is 1.97. The highest BCUT2D eigenvalue weighted by Crippen LogP contribution is 2.11. The monoisotopic (exact) mass is 194 g/mol. The van der Waals surface area contributed by atoms with Gasteiger partial charge in [0.25, 0.3) is 0 Å². The van der Waals surface area contributed by atoms with Gasteiger partial charge in [-0.1, -0.05) is 12.2 Å². The van der Waals surface area contributed by atoms with E-state index in [2.05, 4.69) is 9.97 Å². The van der Waals surface area contributed by atoms with E-state index in [0.717, 1.165) is 0 Å². The molecular formula is C8H7ClN4. The fourth-order valence-electron chi connectivity index (χ4n) is 0.749. The Morgan fingerprint density at radius 1 is 1.69 bits per heavy atom. The number of nitrogens with zero attached hydrogens (tertiary/aromatic N) is 3. The van der Waals surface area contributed by atoms with Crippen molar-refractivity contribution in [3.63, 3.8) is 0 Å². The van der Waals surface area contributed by atoms with Crippen LogP contribution in [0.5, 0.6) is 0 Å². The summed E-state index contributed by atoms with van der Waals surface area (Å²) in [6, 6.07) is 1.97. The van der Waals surface area contributed by atoms with Gasteiger partial charge in [-0.25, -0.2) is 9.97 Å². The third-order valence-electron chi connectivity index (χ3n) is 1.33. The standard InChI is InChI=1S/C8H7ClN4/c9-8-12-5-6(7(11)13-8)3-1-2-4-10/h1,3,5H,2H2,(H2,11,12,13). The minimum absolute atomic E-state index is 0.120. The molecule has 0 fully saturated rings. The van der Waals surface area contributed by atoms with Crippen molar-refractivity contribution in [1.82, 2.24) is 9.97 Å². The van der Waals surface area contributed by atoms with Gasteiger partial charge in [0.1, 0.15) is 5.82 Å². The molecule has 13 heavy (non-hydrogen) atoms. The highest BCUT2D eigenvalue weighted by molar-refractivity contribution is 6.28. The van der Waals surface area contributed by atoms with Crippen LogP contribution in [0.15, 0.2) is 12.3 Å². The molecule has 0 saturated heterocycles. The van der Waals surface area contributed by atoms with Gasteiger partial charge in [0.05, 0.1) is 12.5 Å². The zero-order valence-electron chi connectivity index (χ0n) is 6.74. The number of rotatable bonds is 2. The van der Waals surface area contributed by atoms with E-state index in [1.807, 2.05) is 6.07 Å². The van der Waals surface area contributed by atoms with Crippen LogP contribution in [-0.2, 0) is 0 Å². The van der Waals surface area contributed by atoms with Gasteiger partial charge in [0.15, 0.2) is 0 Å². The van der Waals surface area contributed by atoms with Crippen LogP contribution < -0.4 is 5.73 Å². The summed E-state index contributed by atoms with van der Waals surface area (Å²) in [5, 5.41) is 8.39. The van der Waals surface area contributed by atoms with Gasteiger partial charge in [0, 0.05) is 11.8 Å². The van der Waals surface area contributed by atoms with Gasteiger partial charge in [-0.15, -0.1) is 0 Å². The lowest BCUT2D eigenvalue weighted by Gasteiger charge is -1.97. The number of nitriles is 1. The smallest absolute Gasteiger partial charge is 0.224 e. The first-order valence-electron chi connectivity index (χ1n) is 3.55. The van der Waals surface area contributed by atoms with E-state index >= 15 is 0 Å². The third-order valence-corrected chi connectivity index (χ3v) is 1.51. The molecule has 1 rings (SSSR count). The van der Waals surface area contributed by atoms with Crippen molar-refractivity contribution in [2.45, 2.75) is 6.42 Å². The third kappa shape index (κ3) is 2.73. The molecular weight excluding hydrogens is 188 g/mol. The van der Waals surface area contributed by atoms with Gasteiger partial charge in [-0.3, -0.25) is 0 Å². The van der Waals surface area contributed by atoms with E-state index in [1.54, 1.807) is 12.2 Å². The van der Waals surface area contributed by atoms with Gasteiger partial charge in [0.2, 0.25) is 5.28 Å². The lowest BCUT2D eigenvalue weighted by Crippen LogP contribution is -1.95. The number of aromatic nitrogens is 2. The molecule has 1 aromatic heterocycles. The molecule has 0 amide bonds. The Morgan fingerprint density at radius 2 is 2.46 bits per heavy atom. The van der Waals surface area contributed by atoms with E-state index in [9.17, 15) is 0 Å². The first-order chi connectivity index (χ1) is 6.24. The van der Waals surface area contributed by atoms with E-state index in [-0.39, 0.29) is 5.28 Å². The number of nitrogen functional groups attached to an aromatic ring is 1. The summed E-state index contributed by atoms with van der Waals surface area (Å²) in [6.45, 7) is 0. The maximum atomic E-state index is 8.27. The molecule has 4 nitrogen and oxygen atoms in total. The highest BCUT2D eigenvalue weighted by atomic mass is 35.5. The molecule has 0 unspecified atom stereocenters. The number of hydrogen-bond donors (Lipinski definition) is 1. The quantitative estimate of drug-likeness (QED) is 0.727. The number of anilines is 1. The average Bonchev–Trinajstić information content (AvgIpc) is 2.09. The minimum atomic E-state index is 0.120. The Kier molecular flexibility index (Phi) is 3.23. The van der Waals surface area contributed by atoms with Crippen molar-refractivity contribution < 1.29 is 0 Å². The van der Waals surface area contributed by atoms with E-state index in [1.165, 1.54) is 6.20 Å². The summed E-state index contributed by atoms with van der Waals surface area (Å²) in [4.78, 5) is 7.51. The molecule has 0 aliphatic rings. The first kappa shape index (κ1) is 9.49. The molecule has 1 aromatic rings. The molecule has 0 bridgehead atoms. The average molecular weight is 195 g/mol. The van der Waals surface area contributed by atoms with E-state index < -0.39 is 0 Å². The number of nitrogens with two attached hydrogens (primary N) is 1. The Hall–Kier alpha value is -1.60. The van der Waals surface area contributed by atoms with Crippen molar-refractivity contribution in [2.24, 2.45) is 0 Å². The first-order valence-corrected chi connectivity index (χ1v) is 3.93. The largest absolute Gasteiger partial charge is 0.383 e. The van der Waals surface area contributed by atoms with Crippen molar-refractivity contribution in [1.29, 1.82) is 5.26 Å². The predicted octanol–water partition coefficient (Wildman–Crippen LogP) is 1.64. The molecule has 0 aliphatic carbocycles. The molecule has 0 saturated carbocycles. The van der Waals surface area contributed by atoms with Crippen molar-refractivity contribution in [2.75, 3.05) is 5.73 Å². The van der Waals surface area contributed by atoms with Crippen molar-refractivity contribution >= 4 is 23.5 Å². The molecule has 0 spiro atoms. The molecule has 0 aliphatic heterocycles. The molecule has 2 N–H and O–H groups in total. The maximum Gasteiger partial charge on any atom is 0.224 e. The molecule has 5 heteroatoms. The van der Waals surface area contributed by atoms with Gasteiger partial charge in [-0.05, 0) is 11.6 Å². The summed E-state index contributed by atoms with van der Waals surface area (Å²) >= 11 is 5.50. The van der Waals surface area contributed by atoms with Crippen LogP contribution in [0.3, 0.4) is 0 Å². The second-order valence-corrected chi connectivity index (χ2v) is 2.58. The summed E-state index contributed by atoms with van der Waals surface area (Å²) in [5.74, 6) is 0.314. The maximum absolute atomic E-state index is 8.27. The van der Waals surface area contributed by atoms with Gasteiger partial charge < -0.3 is 5.73 Å². The van der Waals surface area contributed by atoms with Gasteiger partial charge in [-0.2, -0.15) is 5.26 Å². The summed E-state index contributed by atoms with van der Waals surface area (Å²) in [7, 11) is 0. The lowest BCUT2D eigenvalue weighted by atomic mass is 10.2. The topological polar surface area (TPSA) is 75.6 Å². The van der Waals surface area contributed by atoms with Crippen LogP contribution in [0.25, 0.3) is 6.08 Å². The van der Waals surface area contributed by atoms with E-state index in [0.29, 0.717) is 17.8 Å². The zero-order chi connectivity index (χ0) is 9.68. The fraction of sp³-hybridized carbons (Fsp3) is 0.125. The SMILES string of the molecule is N#CCC=Cc1cnc(Cl)nc1N.